The van der Waals surface area contributed by atoms with Gasteiger partial charge in [0.1, 0.15) is 23.4 Å². The van der Waals surface area contributed by atoms with E-state index in [1.165, 1.54) is 47.3 Å². The average molecular weight is 483 g/mol. The Kier molecular flexibility index (Phi) is 5.68. The Morgan fingerprint density at radius 2 is 1.83 bits per heavy atom. The molecule has 1 N–H and O–H groups in total. The molecular formula is C25H20F3N3O4. The minimum absolute atomic E-state index is 0.0920. The van der Waals surface area contributed by atoms with E-state index in [0.29, 0.717) is 17.0 Å². The van der Waals surface area contributed by atoms with Gasteiger partial charge in [-0.05, 0) is 54.3 Å². The third-order valence-electron chi connectivity index (χ3n) is 6.00. The van der Waals surface area contributed by atoms with Crippen LogP contribution < -0.4 is 10.3 Å². The standard InChI is InChI=1S/C25H20F3N3O4/c26-25(27,28)35-19-6-4-17(5-7-19)21-14-34-23(29-21)20-8-9-22(33)31(30-20)13-16-2-1-3-18(12-16)24(15-32)10-11-24/h1-9,12,14,32H,10-11,13,15H2. The summed E-state index contributed by atoms with van der Waals surface area (Å²) >= 11 is 0. The summed E-state index contributed by atoms with van der Waals surface area (Å²) in [5.74, 6) is -0.176. The zero-order chi connectivity index (χ0) is 24.6. The minimum Gasteiger partial charge on any atom is -0.443 e. The Balaban J connectivity index is 1.36. The summed E-state index contributed by atoms with van der Waals surface area (Å²) < 4.78 is 47.8. The number of oxazole rings is 1. The molecule has 0 atom stereocenters. The SMILES string of the molecule is O=c1ccc(-c2nc(-c3ccc(OC(F)(F)F)cc3)co2)nn1Cc1cccc(C2(CO)CC2)c1. The lowest BCUT2D eigenvalue weighted by Gasteiger charge is -2.14. The summed E-state index contributed by atoms with van der Waals surface area (Å²) in [6, 6.07) is 15.9. The average Bonchev–Trinajstić information content (AvgIpc) is 3.49. The molecule has 0 amide bonds. The molecule has 2 aromatic heterocycles. The molecule has 2 aromatic carbocycles. The maximum atomic E-state index is 12.4. The smallest absolute Gasteiger partial charge is 0.443 e. The molecule has 7 nitrogen and oxygen atoms in total. The molecule has 1 saturated carbocycles. The largest absolute Gasteiger partial charge is 0.573 e. The van der Waals surface area contributed by atoms with Crippen molar-refractivity contribution in [2.45, 2.75) is 31.2 Å². The first-order valence-electron chi connectivity index (χ1n) is 10.9. The van der Waals surface area contributed by atoms with Crippen molar-refractivity contribution >= 4 is 0 Å². The van der Waals surface area contributed by atoms with Crippen LogP contribution in [0.25, 0.3) is 22.8 Å². The van der Waals surface area contributed by atoms with Crippen LogP contribution in [-0.4, -0.2) is 32.8 Å². The molecule has 1 fully saturated rings. The Bertz CT molecular complexity index is 1410. The van der Waals surface area contributed by atoms with E-state index in [2.05, 4.69) is 14.8 Å². The molecule has 2 heterocycles. The fourth-order valence-electron chi connectivity index (χ4n) is 3.89. The van der Waals surface area contributed by atoms with Gasteiger partial charge in [0, 0.05) is 17.0 Å². The van der Waals surface area contributed by atoms with E-state index in [1.807, 2.05) is 24.3 Å². The third-order valence-corrected chi connectivity index (χ3v) is 6.00. The number of halogens is 3. The van der Waals surface area contributed by atoms with Crippen molar-refractivity contribution in [1.82, 2.24) is 14.8 Å². The molecule has 180 valence electrons. The number of benzene rings is 2. The molecule has 10 heteroatoms. The van der Waals surface area contributed by atoms with E-state index in [1.54, 1.807) is 0 Å². The second kappa shape index (κ2) is 8.70. The predicted molar refractivity (Wildman–Crippen MR) is 120 cm³/mol. The van der Waals surface area contributed by atoms with Gasteiger partial charge in [0.05, 0.1) is 13.2 Å². The summed E-state index contributed by atoms with van der Waals surface area (Å²) in [5.41, 5.74) is 2.70. The van der Waals surface area contributed by atoms with Gasteiger partial charge in [-0.1, -0.05) is 24.3 Å². The van der Waals surface area contributed by atoms with Crippen molar-refractivity contribution in [1.29, 1.82) is 0 Å². The summed E-state index contributed by atoms with van der Waals surface area (Å²) in [7, 11) is 0. The number of hydrogen-bond donors (Lipinski definition) is 1. The van der Waals surface area contributed by atoms with Crippen molar-refractivity contribution < 1.29 is 27.4 Å². The molecule has 0 aliphatic heterocycles. The zero-order valence-corrected chi connectivity index (χ0v) is 18.3. The first-order chi connectivity index (χ1) is 16.7. The number of nitrogens with zero attached hydrogens (tertiary/aromatic N) is 3. The van der Waals surface area contributed by atoms with Gasteiger partial charge >= 0.3 is 6.36 Å². The van der Waals surface area contributed by atoms with E-state index >= 15 is 0 Å². The molecule has 0 saturated heterocycles. The highest BCUT2D eigenvalue weighted by Crippen LogP contribution is 2.47. The van der Waals surface area contributed by atoms with E-state index in [-0.39, 0.29) is 35.8 Å². The molecule has 1 aliphatic carbocycles. The van der Waals surface area contributed by atoms with Crippen LogP contribution >= 0.6 is 0 Å². The van der Waals surface area contributed by atoms with Crippen LogP contribution in [0.2, 0.25) is 0 Å². The van der Waals surface area contributed by atoms with Crippen LogP contribution in [0.4, 0.5) is 13.2 Å². The number of ether oxygens (including phenoxy) is 1. The minimum atomic E-state index is -4.77. The molecule has 5 rings (SSSR count). The van der Waals surface area contributed by atoms with Gasteiger partial charge in [-0.25, -0.2) is 9.67 Å². The lowest BCUT2D eigenvalue weighted by Crippen LogP contribution is -2.23. The van der Waals surface area contributed by atoms with Crippen LogP contribution in [0, 0.1) is 0 Å². The topological polar surface area (TPSA) is 90.4 Å². The van der Waals surface area contributed by atoms with Crippen LogP contribution in [0.3, 0.4) is 0 Å². The van der Waals surface area contributed by atoms with E-state index in [4.69, 9.17) is 4.42 Å². The predicted octanol–water partition coefficient (Wildman–Crippen LogP) is 4.54. The van der Waals surface area contributed by atoms with Crippen molar-refractivity contribution in [3.63, 3.8) is 0 Å². The van der Waals surface area contributed by atoms with Crippen LogP contribution in [0.1, 0.15) is 24.0 Å². The summed E-state index contributed by atoms with van der Waals surface area (Å²) in [4.78, 5) is 16.8. The number of aliphatic hydroxyl groups excluding tert-OH is 1. The number of alkyl halides is 3. The molecular weight excluding hydrogens is 463 g/mol. The number of aliphatic hydroxyl groups is 1. The van der Waals surface area contributed by atoms with Crippen LogP contribution in [0.5, 0.6) is 5.75 Å². The van der Waals surface area contributed by atoms with E-state index in [9.17, 15) is 23.1 Å². The maximum Gasteiger partial charge on any atom is 0.573 e. The molecule has 0 radical (unpaired) electrons. The highest BCUT2D eigenvalue weighted by atomic mass is 19.4. The van der Waals surface area contributed by atoms with Crippen molar-refractivity contribution in [2.24, 2.45) is 0 Å². The van der Waals surface area contributed by atoms with Crippen molar-refractivity contribution in [2.75, 3.05) is 6.61 Å². The van der Waals surface area contributed by atoms with E-state index in [0.717, 1.165) is 24.0 Å². The van der Waals surface area contributed by atoms with Gasteiger partial charge < -0.3 is 14.3 Å². The first-order valence-corrected chi connectivity index (χ1v) is 10.9. The molecule has 0 unspecified atom stereocenters. The normalized spacial score (nSPS) is 14.6. The van der Waals surface area contributed by atoms with Crippen molar-refractivity contribution in [3.8, 4) is 28.6 Å². The lowest BCUT2D eigenvalue weighted by molar-refractivity contribution is -0.274. The number of aromatic nitrogens is 3. The van der Waals surface area contributed by atoms with Gasteiger partial charge in [0.2, 0.25) is 5.89 Å². The van der Waals surface area contributed by atoms with Gasteiger partial charge in [-0.15, -0.1) is 13.2 Å². The quantitative estimate of drug-likeness (QED) is 0.415. The Hall–Kier alpha value is -3.92. The number of hydrogen-bond acceptors (Lipinski definition) is 6. The Morgan fingerprint density at radius 1 is 1.06 bits per heavy atom. The summed E-state index contributed by atoms with van der Waals surface area (Å²) in [6.07, 6.45) is -1.53. The second-order valence-corrected chi connectivity index (χ2v) is 8.46. The first kappa shape index (κ1) is 22.9. The van der Waals surface area contributed by atoms with Gasteiger partial charge in [-0.2, -0.15) is 5.10 Å². The maximum absolute atomic E-state index is 12.4. The summed E-state index contributed by atoms with van der Waals surface area (Å²) in [5, 5.41) is 14.1. The van der Waals surface area contributed by atoms with Crippen molar-refractivity contribution in [3.05, 3.63) is 88.4 Å². The Morgan fingerprint density at radius 3 is 2.51 bits per heavy atom. The second-order valence-electron chi connectivity index (χ2n) is 8.46. The van der Waals surface area contributed by atoms with Crippen LogP contribution in [-0.2, 0) is 12.0 Å². The molecule has 35 heavy (non-hydrogen) atoms. The molecule has 0 bridgehead atoms. The Labute approximate surface area is 197 Å². The molecule has 4 aromatic rings. The van der Waals surface area contributed by atoms with Crippen LogP contribution in [0.15, 0.2) is 76.1 Å². The number of rotatable bonds is 7. The fraction of sp³-hybridized carbons (Fsp3) is 0.240. The van der Waals surface area contributed by atoms with Gasteiger partial charge in [0.15, 0.2) is 0 Å². The van der Waals surface area contributed by atoms with Gasteiger partial charge in [0.25, 0.3) is 5.56 Å². The third kappa shape index (κ3) is 4.97. The monoisotopic (exact) mass is 483 g/mol. The fourth-order valence-corrected chi connectivity index (χ4v) is 3.89. The van der Waals surface area contributed by atoms with E-state index < -0.39 is 6.36 Å². The summed E-state index contributed by atoms with van der Waals surface area (Å²) in [6.45, 7) is 0.324. The highest BCUT2D eigenvalue weighted by Gasteiger charge is 2.43. The highest BCUT2D eigenvalue weighted by molar-refractivity contribution is 5.62. The molecule has 0 spiro atoms. The molecule has 1 aliphatic rings. The lowest BCUT2D eigenvalue weighted by atomic mass is 9.95. The zero-order valence-electron chi connectivity index (χ0n) is 18.3. The van der Waals surface area contributed by atoms with Gasteiger partial charge in [-0.3, -0.25) is 4.79 Å².